The van der Waals surface area contributed by atoms with E-state index in [1.54, 1.807) is 0 Å². The smallest absolute Gasteiger partial charge is 0.182 e. The summed E-state index contributed by atoms with van der Waals surface area (Å²) in [6, 6.07) is 8.07. The third-order valence-corrected chi connectivity index (χ3v) is 4.08. The number of nitrogens with zero attached hydrogens (tertiary/aromatic N) is 1. The molecule has 0 amide bonds. The molecule has 18 heavy (non-hydrogen) atoms. The topological polar surface area (TPSA) is 20.3 Å². The molecule has 0 aromatic heterocycles. The summed E-state index contributed by atoms with van der Waals surface area (Å²) < 4.78 is 0. The first-order valence-corrected chi connectivity index (χ1v) is 6.94. The van der Waals surface area contributed by atoms with Gasteiger partial charge in [0.05, 0.1) is 5.54 Å². The Morgan fingerprint density at radius 3 is 2.22 bits per heavy atom. The quantitative estimate of drug-likeness (QED) is 0.759. The maximum Gasteiger partial charge on any atom is 0.182 e. The van der Waals surface area contributed by atoms with Crippen LogP contribution in [0.3, 0.4) is 0 Å². The molecule has 2 heteroatoms. The van der Waals surface area contributed by atoms with E-state index < -0.39 is 0 Å². The first-order chi connectivity index (χ1) is 8.55. The molecule has 0 unspecified atom stereocenters. The van der Waals surface area contributed by atoms with Crippen molar-refractivity contribution in [1.29, 1.82) is 0 Å². The molecule has 0 radical (unpaired) electrons. The summed E-state index contributed by atoms with van der Waals surface area (Å²) in [6.07, 6.45) is 3.45. The molecule has 98 valence electrons. The van der Waals surface area contributed by atoms with Crippen molar-refractivity contribution >= 4 is 5.78 Å². The fourth-order valence-electron chi connectivity index (χ4n) is 2.66. The Hall–Kier alpha value is -1.15. The Balaban J connectivity index is 2.18. The Kier molecular flexibility index (Phi) is 3.86. The minimum absolute atomic E-state index is 0.243. The van der Waals surface area contributed by atoms with Gasteiger partial charge in [-0.3, -0.25) is 9.69 Å². The number of carbonyl (C=O) groups excluding carboxylic acids is 1. The SMILES string of the molecule is CCc1ccc(C(=O)C(C)(C)N2CCCC2)cc1. The van der Waals surface area contributed by atoms with Crippen LogP contribution in [0, 0.1) is 0 Å². The van der Waals surface area contributed by atoms with Gasteiger partial charge < -0.3 is 0 Å². The Morgan fingerprint density at radius 2 is 1.72 bits per heavy atom. The van der Waals surface area contributed by atoms with Gasteiger partial charge in [0.2, 0.25) is 0 Å². The molecule has 1 aromatic rings. The zero-order chi connectivity index (χ0) is 13.2. The fraction of sp³-hybridized carbons (Fsp3) is 0.562. The molecule has 2 nitrogen and oxygen atoms in total. The lowest BCUT2D eigenvalue weighted by Gasteiger charge is -2.33. The predicted molar refractivity (Wildman–Crippen MR) is 75.0 cm³/mol. The highest BCUT2D eigenvalue weighted by Gasteiger charge is 2.36. The first-order valence-electron chi connectivity index (χ1n) is 6.94. The van der Waals surface area contributed by atoms with E-state index in [1.807, 2.05) is 26.0 Å². The number of benzene rings is 1. The van der Waals surface area contributed by atoms with Crippen LogP contribution < -0.4 is 0 Å². The molecule has 0 saturated carbocycles. The summed E-state index contributed by atoms with van der Waals surface area (Å²) >= 11 is 0. The lowest BCUT2D eigenvalue weighted by atomic mass is 9.91. The van der Waals surface area contributed by atoms with E-state index in [2.05, 4.69) is 24.0 Å². The number of rotatable bonds is 4. The second kappa shape index (κ2) is 5.23. The Labute approximate surface area is 110 Å². The number of aryl methyl sites for hydroxylation is 1. The molecule has 0 atom stereocenters. The van der Waals surface area contributed by atoms with Crippen LogP contribution in [0.1, 0.15) is 49.5 Å². The minimum Gasteiger partial charge on any atom is -0.292 e. The monoisotopic (exact) mass is 245 g/mol. The lowest BCUT2D eigenvalue weighted by Crippen LogP contribution is -2.48. The second-order valence-corrected chi connectivity index (χ2v) is 5.63. The van der Waals surface area contributed by atoms with E-state index in [4.69, 9.17) is 0 Å². The van der Waals surface area contributed by atoms with Crippen LogP contribution in [0.4, 0.5) is 0 Å². The fourth-order valence-corrected chi connectivity index (χ4v) is 2.66. The number of Topliss-reactive ketones (excluding diaryl/α,β-unsaturated/α-hetero) is 1. The molecule has 1 fully saturated rings. The van der Waals surface area contributed by atoms with Crippen LogP contribution in [-0.4, -0.2) is 29.3 Å². The molecule has 1 aliphatic heterocycles. The zero-order valence-corrected chi connectivity index (χ0v) is 11.7. The van der Waals surface area contributed by atoms with E-state index >= 15 is 0 Å². The van der Waals surface area contributed by atoms with Crippen molar-refractivity contribution in [3.8, 4) is 0 Å². The van der Waals surface area contributed by atoms with Crippen molar-refractivity contribution in [2.45, 2.75) is 45.6 Å². The predicted octanol–water partition coefficient (Wildman–Crippen LogP) is 3.31. The number of likely N-dealkylation sites (tertiary alicyclic amines) is 1. The standard InChI is InChI=1S/C16H23NO/c1-4-13-7-9-14(10-8-13)15(18)16(2,3)17-11-5-6-12-17/h7-10H,4-6,11-12H2,1-3H3. The van der Waals surface area contributed by atoms with Crippen molar-refractivity contribution in [1.82, 2.24) is 4.90 Å². The van der Waals surface area contributed by atoms with Gasteiger partial charge in [-0.05, 0) is 51.8 Å². The summed E-state index contributed by atoms with van der Waals surface area (Å²) in [4.78, 5) is 14.9. The van der Waals surface area contributed by atoms with Gasteiger partial charge in [-0.25, -0.2) is 0 Å². The summed E-state index contributed by atoms with van der Waals surface area (Å²) in [7, 11) is 0. The highest BCUT2D eigenvalue weighted by molar-refractivity contribution is 6.02. The highest BCUT2D eigenvalue weighted by atomic mass is 16.1. The summed E-state index contributed by atoms with van der Waals surface area (Å²) in [5.74, 6) is 0.243. The minimum atomic E-state index is -0.371. The third kappa shape index (κ3) is 2.49. The van der Waals surface area contributed by atoms with E-state index in [1.165, 1.54) is 18.4 Å². The molecule has 0 aliphatic carbocycles. The summed E-state index contributed by atoms with van der Waals surface area (Å²) in [6.45, 7) is 8.32. The van der Waals surface area contributed by atoms with E-state index in [-0.39, 0.29) is 11.3 Å². The van der Waals surface area contributed by atoms with Crippen LogP contribution in [0.25, 0.3) is 0 Å². The molecule has 2 rings (SSSR count). The largest absolute Gasteiger partial charge is 0.292 e. The second-order valence-electron chi connectivity index (χ2n) is 5.63. The van der Waals surface area contributed by atoms with Gasteiger partial charge >= 0.3 is 0 Å². The van der Waals surface area contributed by atoms with Gasteiger partial charge in [0.25, 0.3) is 0 Å². The van der Waals surface area contributed by atoms with Gasteiger partial charge in [0, 0.05) is 5.56 Å². The molecular weight excluding hydrogens is 222 g/mol. The summed E-state index contributed by atoms with van der Waals surface area (Å²) in [5.41, 5.74) is 1.75. The Bertz CT molecular complexity index is 413. The summed E-state index contributed by atoms with van der Waals surface area (Å²) in [5, 5.41) is 0. The lowest BCUT2D eigenvalue weighted by molar-refractivity contribution is 0.0702. The van der Waals surface area contributed by atoms with Crippen molar-refractivity contribution in [3.63, 3.8) is 0 Å². The molecular formula is C16H23NO. The van der Waals surface area contributed by atoms with Crippen molar-refractivity contribution in [3.05, 3.63) is 35.4 Å². The van der Waals surface area contributed by atoms with Crippen molar-refractivity contribution in [2.75, 3.05) is 13.1 Å². The number of hydrogen-bond donors (Lipinski definition) is 0. The van der Waals surface area contributed by atoms with E-state index in [9.17, 15) is 4.79 Å². The molecule has 0 bridgehead atoms. The van der Waals surface area contributed by atoms with E-state index in [0.29, 0.717) is 0 Å². The molecule has 1 aliphatic rings. The normalized spacial score (nSPS) is 17.1. The zero-order valence-electron chi connectivity index (χ0n) is 11.7. The van der Waals surface area contributed by atoms with Crippen LogP contribution >= 0.6 is 0 Å². The van der Waals surface area contributed by atoms with Gasteiger partial charge in [0.1, 0.15) is 0 Å². The molecule has 0 N–H and O–H groups in total. The average Bonchev–Trinajstić information content (AvgIpc) is 2.92. The Morgan fingerprint density at radius 1 is 1.17 bits per heavy atom. The molecule has 1 saturated heterocycles. The van der Waals surface area contributed by atoms with Gasteiger partial charge in [-0.1, -0.05) is 31.2 Å². The highest BCUT2D eigenvalue weighted by Crippen LogP contribution is 2.25. The van der Waals surface area contributed by atoms with Crippen molar-refractivity contribution < 1.29 is 4.79 Å². The molecule has 1 heterocycles. The van der Waals surface area contributed by atoms with E-state index in [0.717, 1.165) is 25.1 Å². The number of carbonyl (C=O) groups is 1. The first kappa shape index (κ1) is 13.3. The van der Waals surface area contributed by atoms with Crippen molar-refractivity contribution in [2.24, 2.45) is 0 Å². The maximum atomic E-state index is 12.6. The van der Waals surface area contributed by atoms with Gasteiger partial charge in [-0.2, -0.15) is 0 Å². The molecule has 0 spiro atoms. The maximum absolute atomic E-state index is 12.6. The number of ketones is 1. The van der Waals surface area contributed by atoms with Crippen LogP contribution in [-0.2, 0) is 6.42 Å². The van der Waals surface area contributed by atoms with Gasteiger partial charge in [-0.15, -0.1) is 0 Å². The van der Waals surface area contributed by atoms with Crippen LogP contribution in [0.15, 0.2) is 24.3 Å². The van der Waals surface area contributed by atoms with Gasteiger partial charge in [0.15, 0.2) is 5.78 Å². The average molecular weight is 245 g/mol. The third-order valence-electron chi connectivity index (χ3n) is 4.08. The van der Waals surface area contributed by atoms with Crippen LogP contribution in [0.5, 0.6) is 0 Å². The van der Waals surface area contributed by atoms with Crippen LogP contribution in [0.2, 0.25) is 0 Å². The molecule has 1 aromatic carbocycles. The number of hydrogen-bond acceptors (Lipinski definition) is 2.